The van der Waals surface area contributed by atoms with E-state index in [4.69, 9.17) is 9.47 Å². The summed E-state index contributed by atoms with van der Waals surface area (Å²) < 4.78 is 10.8. The second kappa shape index (κ2) is 7.02. The van der Waals surface area contributed by atoms with Crippen LogP contribution in [-0.4, -0.2) is 30.5 Å². The molecule has 22 heavy (non-hydrogen) atoms. The van der Waals surface area contributed by atoms with Gasteiger partial charge < -0.3 is 9.47 Å². The maximum absolute atomic E-state index is 12.1. The maximum Gasteiger partial charge on any atom is 0.350 e. The van der Waals surface area contributed by atoms with Crippen LogP contribution in [0.15, 0.2) is 22.7 Å². The number of ether oxygens (including phenoxy) is 2. The van der Waals surface area contributed by atoms with Gasteiger partial charge in [0.2, 0.25) is 0 Å². The molecule has 0 saturated heterocycles. The van der Waals surface area contributed by atoms with Crippen LogP contribution < -0.4 is 4.74 Å². The van der Waals surface area contributed by atoms with E-state index in [0.29, 0.717) is 26.4 Å². The smallest absolute Gasteiger partial charge is 0.350 e. The molecule has 0 saturated carbocycles. The molecule has 0 spiro atoms. The van der Waals surface area contributed by atoms with E-state index < -0.39 is 5.97 Å². The van der Waals surface area contributed by atoms with E-state index in [9.17, 15) is 9.59 Å². The van der Waals surface area contributed by atoms with E-state index >= 15 is 0 Å². The molecule has 1 heterocycles. The number of methoxy groups -OCH3 is 1. The van der Waals surface area contributed by atoms with Crippen LogP contribution in [0.5, 0.6) is 5.75 Å². The first-order chi connectivity index (χ1) is 10.4. The van der Waals surface area contributed by atoms with Crippen molar-refractivity contribution in [1.29, 1.82) is 0 Å². The Bertz CT molecular complexity index is 726. The molecular formula is C15H14BrNO4S. The van der Waals surface area contributed by atoms with Crippen molar-refractivity contribution in [2.45, 2.75) is 13.8 Å². The average molecular weight is 384 g/mol. The average Bonchev–Trinajstić information content (AvgIpc) is 2.83. The fourth-order valence-corrected chi connectivity index (χ4v) is 3.19. The monoisotopic (exact) mass is 383 g/mol. The van der Waals surface area contributed by atoms with Gasteiger partial charge in [0.05, 0.1) is 22.3 Å². The van der Waals surface area contributed by atoms with Gasteiger partial charge in [0.15, 0.2) is 12.4 Å². The molecule has 0 aliphatic heterocycles. The van der Waals surface area contributed by atoms with Crippen molar-refractivity contribution >= 4 is 39.0 Å². The number of benzene rings is 1. The largest absolute Gasteiger partial charge is 0.496 e. The molecule has 2 aromatic rings. The second-order valence-electron chi connectivity index (χ2n) is 4.50. The van der Waals surface area contributed by atoms with Gasteiger partial charge in [0, 0.05) is 5.56 Å². The first-order valence-electron chi connectivity index (χ1n) is 6.40. The van der Waals surface area contributed by atoms with Gasteiger partial charge in [-0.2, -0.15) is 0 Å². The van der Waals surface area contributed by atoms with E-state index in [0.717, 1.165) is 5.01 Å². The molecule has 0 N–H and O–H groups in total. The molecule has 0 unspecified atom stereocenters. The Hall–Kier alpha value is -1.73. The first-order valence-corrected chi connectivity index (χ1v) is 8.01. The van der Waals surface area contributed by atoms with Crippen molar-refractivity contribution in [2.24, 2.45) is 0 Å². The number of nitrogens with zero attached hydrogens (tertiary/aromatic N) is 1. The summed E-state index contributed by atoms with van der Waals surface area (Å²) in [6.45, 7) is 3.24. The van der Waals surface area contributed by atoms with E-state index in [1.807, 2.05) is 6.92 Å². The van der Waals surface area contributed by atoms with Gasteiger partial charge in [-0.1, -0.05) is 0 Å². The van der Waals surface area contributed by atoms with Gasteiger partial charge in [0.1, 0.15) is 10.6 Å². The lowest BCUT2D eigenvalue weighted by Crippen LogP contribution is -2.14. The number of thiazole rings is 1. The standard InChI is InChI=1S/C15H14BrNO4S/c1-8-14(22-9(2)17-8)15(19)21-7-12(18)10-4-5-13(20-3)11(16)6-10/h4-6H,7H2,1-3H3. The van der Waals surface area contributed by atoms with Crippen LogP contribution in [0.3, 0.4) is 0 Å². The van der Waals surface area contributed by atoms with Gasteiger partial charge in [0.25, 0.3) is 0 Å². The molecule has 0 bridgehead atoms. The maximum atomic E-state index is 12.1. The Morgan fingerprint density at radius 3 is 2.59 bits per heavy atom. The third-order valence-corrected chi connectivity index (χ3v) is 4.57. The summed E-state index contributed by atoms with van der Waals surface area (Å²) in [6.07, 6.45) is 0. The zero-order valence-electron chi connectivity index (χ0n) is 12.3. The Balaban J connectivity index is 2.02. The van der Waals surface area contributed by atoms with Gasteiger partial charge >= 0.3 is 5.97 Å². The summed E-state index contributed by atoms with van der Waals surface area (Å²) in [6, 6.07) is 4.94. The number of carbonyl (C=O) groups is 2. The number of halogens is 1. The minimum absolute atomic E-state index is 0.282. The molecular weight excluding hydrogens is 370 g/mol. The van der Waals surface area contributed by atoms with Crippen molar-refractivity contribution in [2.75, 3.05) is 13.7 Å². The summed E-state index contributed by atoms with van der Waals surface area (Å²) in [5, 5.41) is 0.787. The highest BCUT2D eigenvalue weighted by Gasteiger charge is 2.17. The van der Waals surface area contributed by atoms with Gasteiger partial charge in [-0.3, -0.25) is 4.79 Å². The molecule has 0 aliphatic carbocycles. The molecule has 0 atom stereocenters. The fourth-order valence-electron chi connectivity index (χ4n) is 1.84. The number of Topliss-reactive ketones (excluding diaryl/α,β-unsaturated/α-hetero) is 1. The lowest BCUT2D eigenvalue weighted by atomic mass is 10.1. The van der Waals surface area contributed by atoms with Crippen LogP contribution in [0, 0.1) is 13.8 Å². The number of hydrogen-bond acceptors (Lipinski definition) is 6. The summed E-state index contributed by atoms with van der Waals surface area (Å²) in [4.78, 5) is 28.6. The molecule has 0 fully saturated rings. The van der Waals surface area contributed by atoms with E-state index in [2.05, 4.69) is 20.9 Å². The number of esters is 1. The molecule has 1 aromatic carbocycles. The van der Waals surface area contributed by atoms with Crippen molar-refractivity contribution in [3.63, 3.8) is 0 Å². The second-order valence-corrected chi connectivity index (χ2v) is 6.55. The minimum Gasteiger partial charge on any atom is -0.496 e. The summed E-state index contributed by atoms with van der Waals surface area (Å²) in [5.74, 6) is -0.177. The SMILES string of the molecule is COc1ccc(C(=O)COC(=O)c2sc(C)nc2C)cc1Br. The van der Waals surface area contributed by atoms with Crippen LogP contribution in [0.1, 0.15) is 30.7 Å². The predicted molar refractivity (Wildman–Crippen MR) is 86.9 cm³/mol. The lowest BCUT2D eigenvalue weighted by Gasteiger charge is -2.06. The molecule has 0 amide bonds. The van der Waals surface area contributed by atoms with Crippen LogP contribution >= 0.6 is 27.3 Å². The highest BCUT2D eigenvalue weighted by Crippen LogP contribution is 2.25. The Kier molecular flexibility index (Phi) is 5.31. The van der Waals surface area contributed by atoms with E-state index in [1.54, 1.807) is 32.2 Å². The van der Waals surface area contributed by atoms with Crippen LogP contribution in [0.25, 0.3) is 0 Å². The Morgan fingerprint density at radius 2 is 2.05 bits per heavy atom. The lowest BCUT2D eigenvalue weighted by molar-refractivity contribution is 0.0478. The normalized spacial score (nSPS) is 10.4. The number of aryl methyl sites for hydroxylation is 2. The summed E-state index contributed by atoms with van der Waals surface area (Å²) in [5.41, 5.74) is 1.06. The molecule has 0 radical (unpaired) electrons. The van der Waals surface area contributed by atoms with Gasteiger partial charge in [-0.25, -0.2) is 9.78 Å². The number of carbonyl (C=O) groups excluding carboxylic acids is 2. The highest BCUT2D eigenvalue weighted by atomic mass is 79.9. The molecule has 2 rings (SSSR count). The van der Waals surface area contributed by atoms with Crippen LogP contribution in [-0.2, 0) is 4.74 Å². The number of ketones is 1. The highest BCUT2D eigenvalue weighted by molar-refractivity contribution is 9.10. The van der Waals surface area contributed by atoms with Gasteiger partial charge in [-0.05, 0) is 48.0 Å². The van der Waals surface area contributed by atoms with Crippen LogP contribution in [0.4, 0.5) is 0 Å². The number of aromatic nitrogens is 1. The third-order valence-electron chi connectivity index (χ3n) is 2.90. The van der Waals surface area contributed by atoms with Crippen molar-refractivity contribution < 1.29 is 19.1 Å². The third kappa shape index (κ3) is 3.72. The van der Waals surface area contributed by atoms with E-state index in [1.165, 1.54) is 11.3 Å². The molecule has 5 nitrogen and oxygen atoms in total. The quantitative estimate of drug-likeness (QED) is 0.583. The van der Waals surface area contributed by atoms with Crippen molar-refractivity contribution in [1.82, 2.24) is 4.98 Å². The fraction of sp³-hybridized carbons (Fsp3) is 0.267. The Labute approximate surface area is 140 Å². The first kappa shape index (κ1) is 16.6. The number of hydrogen-bond donors (Lipinski definition) is 0. The molecule has 116 valence electrons. The zero-order chi connectivity index (χ0) is 16.3. The summed E-state index contributed by atoms with van der Waals surface area (Å²) in [7, 11) is 1.54. The Morgan fingerprint density at radius 1 is 1.32 bits per heavy atom. The topological polar surface area (TPSA) is 65.5 Å². The molecule has 7 heteroatoms. The zero-order valence-corrected chi connectivity index (χ0v) is 14.7. The number of rotatable bonds is 5. The molecule has 1 aromatic heterocycles. The van der Waals surface area contributed by atoms with E-state index in [-0.39, 0.29) is 12.4 Å². The predicted octanol–water partition coefficient (Wildman–Crippen LogP) is 3.57. The van der Waals surface area contributed by atoms with Crippen molar-refractivity contribution in [3.8, 4) is 5.75 Å². The van der Waals surface area contributed by atoms with Crippen LogP contribution in [0.2, 0.25) is 0 Å². The van der Waals surface area contributed by atoms with Crippen molar-refractivity contribution in [3.05, 3.63) is 43.8 Å². The minimum atomic E-state index is -0.524. The summed E-state index contributed by atoms with van der Waals surface area (Å²) >= 11 is 4.57. The van der Waals surface area contributed by atoms with Gasteiger partial charge in [-0.15, -0.1) is 11.3 Å². The molecule has 0 aliphatic rings.